The Morgan fingerprint density at radius 1 is 0.500 bits per heavy atom. The van der Waals surface area contributed by atoms with Crippen molar-refractivity contribution in [3.05, 3.63) is 60.7 Å². The molecule has 94 valence electrons. The van der Waals surface area contributed by atoms with E-state index >= 15 is 0 Å². The van der Waals surface area contributed by atoms with E-state index in [0.717, 1.165) is 0 Å². The van der Waals surface area contributed by atoms with Crippen LogP contribution in [-0.2, 0) is 0 Å². The summed E-state index contributed by atoms with van der Waals surface area (Å²) < 4.78 is 0. The fraction of sp³-hybridized carbons (Fsp3) is 0.250. The molecule has 0 heterocycles. The van der Waals surface area contributed by atoms with Gasteiger partial charge in [0.15, 0.2) is 0 Å². The summed E-state index contributed by atoms with van der Waals surface area (Å²) in [5.74, 6) is 0. The lowest BCUT2D eigenvalue weighted by atomic mass is 10.4. The Hall–Kier alpha value is -1.13. The maximum absolute atomic E-state index is 2.53. The van der Waals surface area contributed by atoms with Gasteiger partial charge in [-0.2, -0.15) is 0 Å². The van der Waals surface area contributed by atoms with Gasteiger partial charge in [0, 0.05) is 0 Å². The average molecular weight is 271 g/mol. The highest BCUT2D eigenvalue weighted by atomic mass is 29.3. The molecule has 0 amide bonds. The van der Waals surface area contributed by atoms with Gasteiger partial charge in [-0.05, 0) is 0 Å². The van der Waals surface area contributed by atoms with Crippen LogP contribution in [0.25, 0.3) is 0 Å². The van der Waals surface area contributed by atoms with Crippen molar-refractivity contribution in [3.63, 3.8) is 0 Å². The normalized spacial score (nSPS) is 12.4. The monoisotopic (exact) mass is 270 g/mol. The summed E-state index contributed by atoms with van der Waals surface area (Å²) in [6, 6.07) is 22.2. The second-order valence-electron chi connectivity index (χ2n) is 5.98. The zero-order valence-electron chi connectivity index (χ0n) is 11.8. The third-order valence-corrected chi connectivity index (χ3v) is 22.3. The molecule has 0 spiro atoms. The van der Waals surface area contributed by atoms with Crippen molar-refractivity contribution >= 4 is 25.6 Å². The number of rotatable bonds is 3. The van der Waals surface area contributed by atoms with E-state index < -0.39 is 15.2 Å². The summed E-state index contributed by atoms with van der Waals surface area (Å²) in [7, 11) is -2.82. The summed E-state index contributed by atoms with van der Waals surface area (Å²) in [4.78, 5) is 0. The second kappa shape index (κ2) is 4.86. The molecule has 0 atom stereocenters. The van der Waals surface area contributed by atoms with E-state index in [0.29, 0.717) is 0 Å². The molecule has 0 saturated carbocycles. The van der Waals surface area contributed by atoms with Crippen LogP contribution in [0.3, 0.4) is 0 Å². The molecule has 0 fully saturated rings. The standard InChI is InChI=1S/C16H22Si2/c1-17(2,15-11-7-5-8-12-15)18(3,4)16-13-9-6-10-14-16/h5-14H,1-4H3. The van der Waals surface area contributed by atoms with Gasteiger partial charge in [0.2, 0.25) is 0 Å². The number of benzene rings is 2. The highest BCUT2D eigenvalue weighted by molar-refractivity contribution is 7.49. The summed E-state index contributed by atoms with van der Waals surface area (Å²) in [6.07, 6.45) is 0. The van der Waals surface area contributed by atoms with Gasteiger partial charge >= 0.3 is 0 Å². The van der Waals surface area contributed by atoms with Crippen LogP contribution in [-0.4, -0.2) is 15.2 Å². The molecule has 0 unspecified atom stereocenters. The van der Waals surface area contributed by atoms with E-state index in [1.54, 1.807) is 10.4 Å². The third kappa shape index (κ3) is 2.22. The highest BCUT2D eigenvalue weighted by Crippen LogP contribution is 2.19. The zero-order valence-corrected chi connectivity index (χ0v) is 13.8. The van der Waals surface area contributed by atoms with Gasteiger partial charge < -0.3 is 0 Å². The minimum absolute atomic E-state index is 1.41. The van der Waals surface area contributed by atoms with Crippen LogP contribution in [0.1, 0.15) is 0 Å². The maximum Gasteiger partial charge on any atom is 0.0791 e. The molecule has 0 radical (unpaired) electrons. The van der Waals surface area contributed by atoms with Crippen molar-refractivity contribution in [1.29, 1.82) is 0 Å². The molecule has 0 bridgehead atoms. The zero-order chi connectivity index (χ0) is 13.2. The van der Waals surface area contributed by atoms with Gasteiger partial charge in [-0.3, -0.25) is 0 Å². The van der Waals surface area contributed by atoms with Crippen LogP contribution in [0.4, 0.5) is 0 Å². The first kappa shape index (κ1) is 13.3. The lowest BCUT2D eigenvalue weighted by Crippen LogP contribution is -2.69. The summed E-state index contributed by atoms with van der Waals surface area (Å²) in [5.41, 5.74) is 0. The van der Waals surface area contributed by atoms with Crippen molar-refractivity contribution < 1.29 is 0 Å². The Morgan fingerprint density at radius 3 is 1.06 bits per heavy atom. The molecule has 2 aromatic rings. The van der Waals surface area contributed by atoms with Crippen molar-refractivity contribution in [1.82, 2.24) is 0 Å². The van der Waals surface area contributed by atoms with E-state index in [1.165, 1.54) is 0 Å². The fourth-order valence-corrected chi connectivity index (χ4v) is 11.3. The molecule has 2 heteroatoms. The van der Waals surface area contributed by atoms with Crippen molar-refractivity contribution in [2.75, 3.05) is 0 Å². The SMILES string of the molecule is C[Si](C)(c1ccccc1)[Si](C)(C)c1ccccc1. The van der Waals surface area contributed by atoms with Crippen LogP contribution < -0.4 is 10.4 Å². The molecule has 2 aromatic carbocycles. The average Bonchev–Trinajstić information content (AvgIpc) is 2.40. The van der Waals surface area contributed by atoms with E-state index in [1.807, 2.05) is 0 Å². The smallest absolute Gasteiger partial charge is 0.0671 e. The lowest BCUT2D eigenvalue weighted by Gasteiger charge is -2.39. The van der Waals surface area contributed by atoms with Gasteiger partial charge in [-0.25, -0.2) is 0 Å². The van der Waals surface area contributed by atoms with E-state index in [-0.39, 0.29) is 0 Å². The molecule has 0 N–H and O–H groups in total. The molecule has 0 saturated heterocycles. The van der Waals surface area contributed by atoms with Crippen LogP contribution in [0, 0.1) is 0 Å². The maximum atomic E-state index is 2.53. The van der Waals surface area contributed by atoms with E-state index in [2.05, 4.69) is 86.9 Å². The van der Waals surface area contributed by atoms with Crippen LogP contribution in [0.15, 0.2) is 60.7 Å². The summed E-state index contributed by atoms with van der Waals surface area (Å²) >= 11 is 0. The van der Waals surface area contributed by atoms with Crippen molar-refractivity contribution in [2.45, 2.75) is 26.2 Å². The first-order valence-corrected chi connectivity index (χ1v) is 13.6. The van der Waals surface area contributed by atoms with Crippen molar-refractivity contribution in [2.24, 2.45) is 0 Å². The predicted molar refractivity (Wildman–Crippen MR) is 87.1 cm³/mol. The third-order valence-electron chi connectivity index (χ3n) is 4.55. The van der Waals surface area contributed by atoms with Gasteiger partial charge in [0.1, 0.15) is 0 Å². The first-order chi connectivity index (χ1) is 8.46. The van der Waals surface area contributed by atoms with Gasteiger partial charge in [0.05, 0.1) is 15.2 Å². The van der Waals surface area contributed by atoms with E-state index in [4.69, 9.17) is 0 Å². The summed E-state index contributed by atoms with van der Waals surface area (Å²) in [6.45, 7) is 10.1. The second-order valence-corrected chi connectivity index (χ2v) is 21.1. The van der Waals surface area contributed by atoms with Crippen molar-refractivity contribution in [3.8, 4) is 0 Å². The molecule has 0 aliphatic carbocycles. The molecule has 2 rings (SSSR count). The lowest BCUT2D eigenvalue weighted by molar-refractivity contribution is 1.68. The minimum Gasteiger partial charge on any atom is -0.0671 e. The Kier molecular flexibility index (Phi) is 3.60. The molecule has 18 heavy (non-hydrogen) atoms. The topological polar surface area (TPSA) is 0 Å². The van der Waals surface area contributed by atoms with Crippen LogP contribution in [0.2, 0.25) is 26.2 Å². The first-order valence-electron chi connectivity index (χ1n) is 6.57. The molecule has 0 nitrogen and oxygen atoms in total. The fourth-order valence-electron chi connectivity index (χ4n) is 2.43. The predicted octanol–water partition coefficient (Wildman–Crippen LogP) is 3.30. The Balaban J connectivity index is 2.47. The largest absolute Gasteiger partial charge is 0.0791 e. The molecule has 0 aromatic heterocycles. The van der Waals surface area contributed by atoms with Gasteiger partial charge in [-0.1, -0.05) is 97.2 Å². The Labute approximate surface area is 112 Å². The molecule has 0 aliphatic rings. The minimum atomic E-state index is -1.41. The van der Waals surface area contributed by atoms with Gasteiger partial charge in [0.25, 0.3) is 0 Å². The molecule has 0 aliphatic heterocycles. The quantitative estimate of drug-likeness (QED) is 0.751. The number of hydrogen-bond donors (Lipinski definition) is 0. The van der Waals surface area contributed by atoms with Gasteiger partial charge in [-0.15, -0.1) is 0 Å². The van der Waals surface area contributed by atoms with E-state index in [9.17, 15) is 0 Å². The summed E-state index contributed by atoms with van der Waals surface area (Å²) in [5, 5.41) is 3.18. The Morgan fingerprint density at radius 2 is 0.778 bits per heavy atom. The van der Waals surface area contributed by atoms with Crippen LogP contribution >= 0.6 is 0 Å². The Bertz CT molecular complexity index is 452. The highest BCUT2D eigenvalue weighted by Gasteiger charge is 2.43. The van der Waals surface area contributed by atoms with Crippen LogP contribution in [0.5, 0.6) is 0 Å². The molecular formula is C16H22Si2. The molecular weight excluding hydrogens is 248 g/mol. The number of hydrogen-bond acceptors (Lipinski definition) is 0.